The lowest BCUT2D eigenvalue weighted by Crippen LogP contribution is -2.27. The molecule has 4 rings (SSSR count). The van der Waals surface area contributed by atoms with Gasteiger partial charge in [0, 0.05) is 42.3 Å². The van der Waals surface area contributed by atoms with Gasteiger partial charge < -0.3 is 19.9 Å². The highest BCUT2D eigenvalue weighted by atomic mass is 32.1. The van der Waals surface area contributed by atoms with Crippen LogP contribution in [0.25, 0.3) is 27.2 Å². The first kappa shape index (κ1) is 22.9. The second-order valence-electron chi connectivity index (χ2n) is 8.61. The van der Waals surface area contributed by atoms with Gasteiger partial charge in [-0.05, 0) is 52.5 Å². The fourth-order valence-electron chi connectivity index (χ4n) is 3.58. The zero-order valence-corrected chi connectivity index (χ0v) is 20.3. The highest BCUT2D eigenvalue weighted by Gasteiger charge is 2.16. The Morgan fingerprint density at radius 1 is 1.15 bits per heavy atom. The van der Waals surface area contributed by atoms with E-state index in [1.807, 2.05) is 49.1 Å². The Morgan fingerprint density at radius 3 is 2.67 bits per heavy atom. The minimum absolute atomic E-state index is 0.153. The predicted octanol–water partition coefficient (Wildman–Crippen LogP) is 4.63. The quantitative estimate of drug-likeness (QED) is 0.355. The molecule has 33 heavy (non-hydrogen) atoms. The molecule has 8 heteroatoms. The van der Waals surface area contributed by atoms with Crippen LogP contribution in [0.2, 0.25) is 0 Å². The first-order valence-corrected chi connectivity index (χ1v) is 12.0. The number of hydrogen-bond acceptors (Lipinski definition) is 6. The lowest BCUT2D eigenvalue weighted by molar-refractivity contribution is 0.0948. The molecule has 0 unspecified atom stereocenters. The van der Waals surface area contributed by atoms with Crippen molar-refractivity contribution in [3.8, 4) is 21.6 Å². The molecular formula is C25H30N6OS. The van der Waals surface area contributed by atoms with Crippen LogP contribution in [0.1, 0.15) is 30.8 Å². The summed E-state index contributed by atoms with van der Waals surface area (Å²) in [6.45, 7) is 5.74. The van der Waals surface area contributed by atoms with Gasteiger partial charge in [0.05, 0.1) is 4.88 Å². The predicted molar refractivity (Wildman–Crippen MR) is 136 cm³/mol. The minimum Gasteiger partial charge on any atom is -0.359 e. The molecule has 0 saturated carbocycles. The molecule has 4 aromatic rings. The van der Waals surface area contributed by atoms with Gasteiger partial charge in [-0.25, -0.2) is 9.97 Å². The third-order valence-corrected chi connectivity index (χ3v) is 6.12. The lowest BCUT2D eigenvalue weighted by Gasteiger charge is -2.09. The summed E-state index contributed by atoms with van der Waals surface area (Å²) in [5, 5.41) is 7.24. The maximum Gasteiger partial charge on any atom is 0.271 e. The Kier molecular flexibility index (Phi) is 7.05. The third kappa shape index (κ3) is 5.58. The van der Waals surface area contributed by atoms with Crippen molar-refractivity contribution in [1.82, 2.24) is 24.6 Å². The molecule has 2 N–H and O–H groups in total. The summed E-state index contributed by atoms with van der Waals surface area (Å²) in [4.78, 5) is 25.1. The molecule has 0 aliphatic carbocycles. The molecule has 0 saturated heterocycles. The fourth-order valence-corrected chi connectivity index (χ4v) is 4.53. The summed E-state index contributed by atoms with van der Waals surface area (Å²) in [5.74, 6) is -0.153. The van der Waals surface area contributed by atoms with Crippen molar-refractivity contribution in [3.63, 3.8) is 0 Å². The highest BCUT2D eigenvalue weighted by molar-refractivity contribution is 7.18. The number of anilines is 1. The van der Waals surface area contributed by atoms with Crippen LogP contribution < -0.4 is 10.6 Å². The molecule has 172 valence electrons. The van der Waals surface area contributed by atoms with E-state index in [1.54, 1.807) is 17.5 Å². The van der Waals surface area contributed by atoms with Gasteiger partial charge in [-0.15, -0.1) is 0 Å². The number of thiazole rings is 1. The molecule has 0 spiro atoms. The standard InChI is InChI=1S/C25H30N6OS/c1-17(2)28-25-27-14-22(33-25)19-13-20(18-9-6-5-7-10-18)23-29-21(16-31(23)15-19)24(32)26-11-8-12-30(3)4/h5-7,9-10,13-17H,8,11-12H2,1-4H3,(H,26,32)(H,27,28). The Labute approximate surface area is 198 Å². The monoisotopic (exact) mass is 462 g/mol. The summed E-state index contributed by atoms with van der Waals surface area (Å²) in [6, 6.07) is 12.6. The Bertz CT molecular complexity index is 1230. The smallest absolute Gasteiger partial charge is 0.271 e. The molecule has 0 aliphatic rings. The first-order chi connectivity index (χ1) is 15.9. The molecule has 0 aliphatic heterocycles. The number of carbonyl (C=O) groups excluding carboxylic acids is 1. The zero-order chi connectivity index (χ0) is 23.4. The maximum atomic E-state index is 12.8. The summed E-state index contributed by atoms with van der Waals surface area (Å²) in [7, 11) is 4.05. The van der Waals surface area contributed by atoms with Crippen LogP contribution in [0, 0.1) is 0 Å². The van der Waals surface area contributed by atoms with Crippen molar-refractivity contribution < 1.29 is 4.79 Å². The van der Waals surface area contributed by atoms with E-state index >= 15 is 0 Å². The number of carbonyl (C=O) groups is 1. The largest absolute Gasteiger partial charge is 0.359 e. The van der Waals surface area contributed by atoms with Crippen molar-refractivity contribution in [2.75, 3.05) is 32.5 Å². The normalized spacial score (nSPS) is 11.5. The topological polar surface area (TPSA) is 74.6 Å². The van der Waals surface area contributed by atoms with Crippen LogP contribution in [0.15, 0.2) is 55.0 Å². The number of rotatable bonds is 9. The number of nitrogens with zero attached hydrogens (tertiary/aromatic N) is 4. The summed E-state index contributed by atoms with van der Waals surface area (Å²) < 4.78 is 1.95. The number of benzene rings is 1. The van der Waals surface area contributed by atoms with Gasteiger partial charge in [0.25, 0.3) is 5.91 Å². The summed E-state index contributed by atoms with van der Waals surface area (Å²) in [6.07, 6.45) is 6.61. The van der Waals surface area contributed by atoms with Crippen molar-refractivity contribution in [2.45, 2.75) is 26.3 Å². The van der Waals surface area contributed by atoms with Gasteiger partial charge in [0.2, 0.25) is 0 Å². The molecule has 3 aromatic heterocycles. The van der Waals surface area contributed by atoms with Gasteiger partial charge >= 0.3 is 0 Å². The first-order valence-electron chi connectivity index (χ1n) is 11.1. The van der Waals surface area contributed by atoms with Gasteiger partial charge in [-0.3, -0.25) is 4.79 Å². The van der Waals surface area contributed by atoms with E-state index in [4.69, 9.17) is 4.98 Å². The maximum absolute atomic E-state index is 12.8. The minimum atomic E-state index is -0.153. The van der Waals surface area contributed by atoms with E-state index in [2.05, 4.69) is 52.6 Å². The second kappa shape index (κ2) is 10.1. The number of hydrogen-bond donors (Lipinski definition) is 2. The van der Waals surface area contributed by atoms with E-state index in [0.29, 0.717) is 18.3 Å². The average Bonchev–Trinajstić information content (AvgIpc) is 3.43. The van der Waals surface area contributed by atoms with E-state index in [0.717, 1.165) is 45.3 Å². The van der Waals surface area contributed by atoms with E-state index < -0.39 is 0 Å². The SMILES string of the molecule is CC(C)Nc1ncc(-c2cc(-c3ccccc3)c3nc(C(=O)NCCCN(C)C)cn3c2)s1. The average molecular weight is 463 g/mol. The molecule has 1 amide bonds. The molecule has 3 heterocycles. The van der Waals surface area contributed by atoms with Crippen LogP contribution in [0.4, 0.5) is 5.13 Å². The molecule has 0 atom stereocenters. The molecule has 0 bridgehead atoms. The lowest BCUT2D eigenvalue weighted by atomic mass is 10.0. The number of fused-ring (bicyclic) bond motifs is 1. The second-order valence-corrected chi connectivity index (χ2v) is 9.64. The molecular weight excluding hydrogens is 432 g/mol. The van der Waals surface area contributed by atoms with Gasteiger partial charge in [-0.2, -0.15) is 0 Å². The van der Waals surface area contributed by atoms with Gasteiger partial charge in [0.15, 0.2) is 5.13 Å². The summed E-state index contributed by atoms with van der Waals surface area (Å²) >= 11 is 1.62. The van der Waals surface area contributed by atoms with Crippen LogP contribution in [0.5, 0.6) is 0 Å². The number of amides is 1. The van der Waals surface area contributed by atoms with E-state index in [1.165, 1.54) is 0 Å². The molecule has 0 fully saturated rings. The summed E-state index contributed by atoms with van der Waals surface area (Å²) in [5.41, 5.74) is 4.24. The van der Waals surface area contributed by atoms with E-state index in [-0.39, 0.29) is 5.91 Å². The number of nitrogens with one attached hydrogen (secondary N) is 2. The van der Waals surface area contributed by atoms with Crippen LogP contribution in [-0.4, -0.2) is 58.4 Å². The Balaban J connectivity index is 1.69. The Morgan fingerprint density at radius 2 is 1.94 bits per heavy atom. The van der Waals surface area contributed by atoms with Gasteiger partial charge in [-0.1, -0.05) is 41.7 Å². The number of pyridine rings is 1. The third-order valence-electron chi connectivity index (χ3n) is 5.14. The number of aromatic nitrogens is 3. The Hall–Kier alpha value is -3.23. The van der Waals surface area contributed by atoms with Crippen molar-refractivity contribution in [1.29, 1.82) is 0 Å². The molecule has 7 nitrogen and oxygen atoms in total. The van der Waals surface area contributed by atoms with Crippen LogP contribution in [-0.2, 0) is 0 Å². The van der Waals surface area contributed by atoms with Crippen LogP contribution >= 0.6 is 11.3 Å². The molecule has 0 radical (unpaired) electrons. The fraction of sp³-hybridized carbons (Fsp3) is 0.320. The van der Waals surface area contributed by atoms with Crippen molar-refractivity contribution in [2.24, 2.45) is 0 Å². The van der Waals surface area contributed by atoms with E-state index in [9.17, 15) is 4.79 Å². The van der Waals surface area contributed by atoms with Crippen LogP contribution in [0.3, 0.4) is 0 Å². The molecule has 1 aromatic carbocycles. The number of imidazole rings is 1. The van der Waals surface area contributed by atoms with Gasteiger partial charge in [0.1, 0.15) is 11.3 Å². The van der Waals surface area contributed by atoms with Crippen molar-refractivity contribution >= 4 is 28.0 Å². The van der Waals surface area contributed by atoms with Crippen molar-refractivity contribution in [3.05, 3.63) is 60.7 Å². The highest BCUT2D eigenvalue weighted by Crippen LogP contribution is 2.34. The zero-order valence-electron chi connectivity index (χ0n) is 19.5.